The number of ether oxygens (including phenoxy) is 1. The Kier molecular flexibility index (Phi) is 4.77. The van der Waals surface area contributed by atoms with Gasteiger partial charge in [0.05, 0.1) is 5.56 Å². The molecule has 0 heterocycles. The fraction of sp³-hybridized carbons (Fsp3) is 0.0526. The minimum atomic E-state index is -0.592. The minimum absolute atomic E-state index is 0.306. The third-order valence-corrected chi connectivity index (χ3v) is 3.66. The van der Waals surface area contributed by atoms with Gasteiger partial charge in [-0.3, -0.25) is 4.79 Å². The van der Waals surface area contributed by atoms with E-state index in [-0.39, 0.29) is 6.61 Å². The average molecular weight is 340 g/mol. The largest absolute Gasteiger partial charge is 0.452 e. The molecule has 0 aromatic heterocycles. The van der Waals surface area contributed by atoms with E-state index in [0.29, 0.717) is 16.3 Å². The summed E-state index contributed by atoms with van der Waals surface area (Å²) < 4.78 is 4.99. The van der Waals surface area contributed by atoms with Crippen LogP contribution in [0.15, 0.2) is 66.7 Å². The first-order chi connectivity index (χ1) is 11.6. The van der Waals surface area contributed by atoms with Crippen LogP contribution in [0.5, 0.6) is 0 Å². The lowest BCUT2D eigenvalue weighted by Crippen LogP contribution is -2.20. The normalized spacial score (nSPS) is 10.4. The van der Waals surface area contributed by atoms with Gasteiger partial charge in [-0.25, -0.2) is 4.79 Å². The van der Waals surface area contributed by atoms with Crippen LogP contribution in [0, 0.1) is 0 Å². The van der Waals surface area contributed by atoms with E-state index in [9.17, 15) is 9.59 Å². The van der Waals surface area contributed by atoms with E-state index >= 15 is 0 Å². The van der Waals surface area contributed by atoms with Gasteiger partial charge in [0.25, 0.3) is 5.91 Å². The Hall–Kier alpha value is -2.85. The Morgan fingerprint density at radius 1 is 0.917 bits per heavy atom. The van der Waals surface area contributed by atoms with E-state index in [2.05, 4.69) is 5.32 Å². The summed E-state index contributed by atoms with van der Waals surface area (Å²) in [5.41, 5.74) is 0.957. The number of nitrogens with one attached hydrogen (secondary N) is 1. The molecule has 3 rings (SSSR count). The van der Waals surface area contributed by atoms with Crippen LogP contribution in [-0.2, 0) is 9.53 Å². The molecule has 1 N–H and O–H groups in total. The lowest BCUT2D eigenvalue weighted by atomic mass is 10.1. The van der Waals surface area contributed by atoms with Gasteiger partial charge in [-0.05, 0) is 41.1 Å². The highest BCUT2D eigenvalue weighted by atomic mass is 35.5. The Labute approximate surface area is 144 Å². The number of amides is 1. The van der Waals surface area contributed by atoms with Crippen molar-refractivity contribution in [3.63, 3.8) is 0 Å². The predicted molar refractivity (Wildman–Crippen MR) is 94.3 cm³/mol. The Bertz CT molecular complexity index is 908. The fourth-order valence-corrected chi connectivity index (χ4v) is 2.48. The second-order valence-electron chi connectivity index (χ2n) is 5.20. The van der Waals surface area contributed by atoms with Gasteiger partial charge in [0.1, 0.15) is 0 Å². The van der Waals surface area contributed by atoms with Crippen LogP contribution in [-0.4, -0.2) is 18.5 Å². The maximum Gasteiger partial charge on any atom is 0.338 e. The van der Waals surface area contributed by atoms with Gasteiger partial charge in [-0.15, -0.1) is 0 Å². The first-order valence-corrected chi connectivity index (χ1v) is 7.71. The molecule has 0 saturated carbocycles. The van der Waals surface area contributed by atoms with Crippen molar-refractivity contribution in [3.05, 3.63) is 77.3 Å². The van der Waals surface area contributed by atoms with Crippen molar-refractivity contribution in [2.75, 3.05) is 11.9 Å². The van der Waals surface area contributed by atoms with Crippen LogP contribution < -0.4 is 5.32 Å². The summed E-state index contributed by atoms with van der Waals surface area (Å²) in [5, 5.41) is 5.25. The Morgan fingerprint density at radius 2 is 1.71 bits per heavy atom. The first-order valence-electron chi connectivity index (χ1n) is 7.33. The molecule has 0 aliphatic rings. The highest BCUT2D eigenvalue weighted by molar-refractivity contribution is 6.30. The van der Waals surface area contributed by atoms with Crippen molar-refractivity contribution in [1.82, 2.24) is 0 Å². The standard InChI is InChI=1S/C19H14ClNO3/c20-16-7-3-6-15(10-16)19(23)24-12-18(22)21-17-9-8-13-4-1-2-5-14(13)11-17/h1-11H,12H2,(H,21,22). The number of hydrogen-bond acceptors (Lipinski definition) is 3. The van der Waals surface area contributed by atoms with E-state index in [4.69, 9.17) is 16.3 Å². The molecular formula is C19H14ClNO3. The Balaban J connectivity index is 1.59. The zero-order valence-corrected chi connectivity index (χ0v) is 13.4. The second kappa shape index (κ2) is 7.15. The van der Waals surface area contributed by atoms with Crippen molar-refractivity contribution in [3.8, 4) is 0 Å². The van der Waals surface area contributed by atoms with Crippen LogP contribution in [0.1, 0.15) is 10.4 Å². The quantitative estimate of drug-likeness (QED) is 0.721. The number of esters is 1. The predicted octanol–water partition coefficient (Wildman–Crippen LogP) is 4.29. The summed E-state index contributed by atoms with van der Waals surface area (Å²) in [6.07, 6.45) is 0. The van der Waals surface area contributed by atoms with Crippen molar-refractivity contribution in [1.29, 1.82) is 0 Å². The zero-order valence-electron chi connectivity index (χ0n) is 12.7. The molecule has 3 aromatic rings. The molecule has 24 heavy (non-hydrogen) atoms. The molecule has 0 bridgehead atoms. The van der Waals surface area contributed by atoms with Gasteiger partial charge < -0.3 is 10.1 Å². The number of fused-ring (bicyclic) bond motifs is 1. The fourth-order valence-electron chi connectivity index (χ4n) is 2.29. The first kappa shape index (κ1) is 16.0. The van der Waals surface area contributed by atoms with E-state index in [0.717, 1.165) is 10.8 Å². The van der Waals surface area contributed by atoms with Gasteiger partial charge in [0.2, 0.25) is 0 Å². The van der Waals surface area contributed by atoms with Gasteiger partial charge in [0, 0.05) is 10.7 Å². The highest BCUT2D eigenvalue weighted by Crippen LogP contribution is 2.18. The molecular weight excluding hydrogens is 326 g/mol. The van der Waals surface area contributed by atoms with Crippen LogP contribution in [0.4, 0.5) is 5.69 Å². The molecule has 3 aromatic carbocycles. The lowest BCUT2D eigenvalue weighted by molar-refractivity contribution is -0.119. The van der Waals surface area contributed by atoms with Gasteiger partial charge in [-0.1, -0.05) is 48.0 Å². The maximum atomic E-state index is 11.9. The molecule has 0 spiro atoms. The SMILES string of the molecule is O=C(COC(=O)c1cccc(Cl)c1)Nc1ccc2ccccc2c1. The van der Waals surface area contributed by atoms with Crippen molar-refractivity contribution >= 4 is 39.9 Å². The smallest absolute Gasteiger partial charge is 0.338 e. The summed E-state index contributed by atoms with van der Waals surface area (Å²) in [5.74, 6) is -0.994. The minimum Gasteiger partial charge on any atom is -0.452 e. The van der Waals surface area contributed by atoms with Gasteiger partial charge >= 0.3 is 5.97 Å². The summed E-state index contributed by atoms with van der Waals surface area (Å²) in [7, 11) is 0. The summed E-state index contributed by atoms with van der Waals surface area (Å²) >= 11 is 5.82. The van der Waals surface area contributed by atoms with Crippen molar-refractivity contribution in [2.24, 2.45) is 0 Å². The number of carbonyl (C=O) groups is 2. The lowest BCUT2D eigenvalue weighted by Gasteiger charge is -2.08. The zero-order chi connectivity index (χ0) is 16.9. The summed E-state index contributed by atoms with van der Waals surface area (Å²) in [6.45, 7) is -0.363. The topological polar surface area (TPSA) is 55.4 Å². The maximum absolute atomic E-state index is 11.9. The molecule has 0 unspecified atom stereocenters. The molecule has 0 radical (unpaired) electrons. The van der Waals surface area contributed by atoms with E-state index in [1.165, 1.54) is 6.07 Å². The summed E-state index contributed by atoms with van der Waals surface area (Å²) in [6, 6.07) is 19.8. The summed E-state index contributed by atoms with van der Waals surface area (Å²) in [4.78, 5) is 23.8. The molecule has 120 valence electrons. The molecule has 4 nitrogen and oxygen atoms in total. The van der Waals surface area contributed by atoms with Crippen molar-refractivity contribution < 1.29 is 14.3 Å². The monoisotopic (exact) mass is 339 g/mol. The average Bonchev–Trinajstić information content (AvgIpc) is 2.59. The molecule has 1 amide bonds. The Morgan fingerprint density at radius 3 is 2.50 bits per heavy atom. The van der Waals surface area contributed by atoms with Crippen molar-refractivity contribution in [2.45, 2.75) is 0 Å². The van der Waals surface area contributed by atoms with Crippen LogP contribution >= 0.6 is 11.6 Å². The molecule has 0 saturated heterocycles. The number of rotatable bonds is 4. The van der Waals surface area contributed by atoms with E-state index in [1.54, 1.807) is 24.3 Å². The number of hydrogen-bond donors (Lipinski definition) is 1. The van der Waals surface area contributed by atoms with E-state index < -0.39 is 11.9 Å². The molecule has 0 atom stereocenters. The van der Waals surface area contributed by atoms with E-state index in [1.807, 2.05) is 36.4 Å². The molecule has 0 aliphatic heterocycles. The number of carbonyl (C=O) groups excluding carboxylic acids is 2. The highest BCUT2D eigenvalue weighted by Gasteiger charge is 2.11. The number of anilines is 1. The van der Waals surface area contributed by atoms with Crippen LogP contribution in [0.2, 0.25) is 5.02 Å². The molecule has 0 fully saturated rings. The number of halogens is 1. The third kappa shape index (κ3) is 3.91. The third-order valence-electron chi connectivity index (χ3n) is 3.43. The molecule has 0 aliphatic carbocycles. The van der Waals surface area contributed by atoms with Crippen LogP contribution in [0.3, 0.4) is 0 Å². The van der Waals surface area contributed by atoms with Gasteiger partial charge in [-0.2, -0.15) is 0 Å². The molecule has 5 heteroatoms. The van der Waals surface area contributed by atoms with Gasteiger partial charge in [0.15, 0.2) is 6.61 Å². The number of benzene rings is 3. The second-order valence-corrected chi connectivity index (χ2v) is 5.63. The van der Waals surface area contributed by atoms with Crippen LogP contribution in [0.25, 0.3) is 10.8 Å².